The lowest BCUT2D eigenvalue weighted by Gasteiger charge is -2.09. The van der Waals surface area contributed by atoms with Gasteiger partial charge in [0.2, 0.25) is 11.5 Å². The quantitative estimate of drug-likeness (QED) is 0.395. The summed E-state index contributed by atoms with van der Waals surface area (Å²) in [6, 6.07) is 4.02. The van der Waals surface area contributed by atoms with E-state index in [0.717, 1.165) is 38.5 Å². The number of methoxy groups -OCH3 is 2. The standard InChI is InChI=1S/C16H12N2O10S/c1-27-15(21)9-3-7(5-11(13(9)19)17(23)24)29-8-4-10(16(22)28-2)14(20)12(6-8)18(25)26/h3-6,19-20H,1-2H3. The van der Waals surface area contributed by atoms with Crippen molar-refractivity contribution in [1.29, 1.82) is 0 Å². The maximum Gasteiger partial charge on any atom is 0.341 e. The van der Waals surface area contributed by atoms with Crippen LogP contribution in [-0.4, -0.2) is 46.2 Å². The van der Waals surface area contributed by atoms with Crippen LogP contribution in [0.15, 0.2) is 34.1 Å². The maximum atomic E-state index is 11.8. The Morgan fingerprint density at radius 3 is 1.45 bits per heavy atom. The molecule has 2 rings (SSSR count). The summed E-state index contributed by atoms with van der Waals surface area (Å²) in [5.74, 6) is -3.89. The van der Waals surface area contributed by atoms with Crippen molar-refractivity contribution in [3.8, 4) is 11.5 Å². The van der Waals surface area contributed by atoms with Crippen LogP contribution in [0.1, 0.15) is 20.7 Å². The number of aromatic hydroxyl groups is 2. The summed E-state index contributed by atoms with van der Waals surface area (Å²) in [4.78, 5) is 44.1. The van der Waals surface area contributed by atoms with Crippen LogP contribution in [0, 0.1) is 20.2 Å². The van der Waals surface area contributed by atoms with E-state index in [1.807, 2.05) is 0 Å². The zero-order valence-corrected chi connectivity index (χ0v) is 15.6. The summed E-state index contributed by atoms with van der Waals surface area (Å²) in [6.45, 7) is 0. The Balaban J connectivity index is 2.64. The van der Waals surface area contributed by atoms with Gasteiger partial charge in [0.05, 0.1) is 24.1 Å². The Morgan fingerprint density at radius 2 is 1.17 bits per heavy atom. The number of phenolic OH excluding ortho intramolecular Hbond substituents is 2. The molecule has 0 aliphatic carbocycles. The minimum Gasteiger partial charge on any atom is -0.501 e. The molecule has 0 saturated carbocycles. The summed E-state index contributed by atoms with van der Waals surface area (Å²) in [5, 5.41) is 42.2. The molecular weight excluding hydrogens is 412 g/mol. The number of ether oxygens (including phenoxy) is 2. The van der Waals surface area contributed by atoms with Crippen molar-refractivity contribution in [3.05, 3.63) is 55.6 Å². The Kier molecular flexibility index (Phi) is 6.23. The van der Waals surface area contributed by atoms with Gasteiger partial charge in [-0.1, -0.05) is 11.8 Å². The number of carbonyl (C=O) groups excluding carboxylic acids is 2. The first kappa shape index (κ1) is 21.4. The lowest BCUT2D eigenvalue weighted by atomic mass is 10.1. The highest BCUT2D eigenvalue weighted by molar-refractivity contribution is 7.99. The van der Waals surface area contributed by atoms with E-state index in [1.165, 1.54) is 0 Å². The second kappa shape index (κ2) is 8.43. The molecule has 13 heteroatoms. The number of esters is 2. The van der Waals surface area contributed by atoms with E-state index in [2.05, 4.69) is 9.47 Å². The highest BCUT2D eigenvalue weighted by Gasteiger charge is 2.27. The smallest absolute Gasteiger partial charge is 0.341 e. The van der Waals surface area contributed by atoms with Crippen molar-refractivity contribution in [2.75, 3.05) is 14.2 Å². The van der Waals surface area contributed by atoms with Crippen LogP contribution in [0.5, 0.6) is 11.5 Å². The fraction of sp³-hybridized carbons (Fsp3) is 0.125. The van der Waals surface area contributed by atoms with E-state index < -0.39 is 55.8 Å². The SMILES string of the molecule is COC(=O)c1cc(Sc2cc(C(=O)OC)c(O)c([N+](=O)[O-])c2)cc([N+](=O)[O-])c1O. The molecule has 29 heavy (non-hydrogen) atoms. The van der Waals surface area contributed by atoms with Crippen LogP contribution >= 0.6 is 11.8 Å². The number of benzene rings is 2. The number of rotatable bonds is 6. The number of nitrogens with zero attached hydrogens (tertiary/aromatic N) is 2. The molecule has 0 aliphatic rings. The van der Waals surface area contributed by atoms with Crippen molar-refractivity contribution in [1.82, 2.24) is 0 Å². The van der Waals surface area contributed by atoms with Gasteiger partial charge in [0.25, 0.3) is 0 Å². The molecule has 2 aromatic rings. The third-order valence-corrected chi connectivity index (χ3v) is 4.51. The zero-order valence-electron chi connectivity index (χ0n) is 14.8. The van der Waals surface area contributed by atoms with E-state index in [0.29, 0.717) is 11.8 Å². The largest absolute Gasteiger partial charge is 0.501 e. The van der Waals surface area contributed by atoms with Crippen molar-refractivity contribution < 1.29 is 39.1 Å². The molecule has 2 aromatic carbocycles. The van der Waals surface area contributed by atoms with Crippen LogP contribution in [-0.2, 0) is 9.47 Å². The first-order valence-electron chi connectivity index (χ1n) is 7.48. The normalized spacial score (nSPS) is 10.3. The number of hydrogen-bond acceptors (Lipinski definition) is 11. The van der Waals surface area contributed by atoms with Gasteiger partial charge in [0, 0.05) is 21.9 Å². The molecule has 0 aliphatic heterocycles. The van der Waals surface area contributed by atoms with Crippen LogP contribution in [0.4, 0.5) is 11.4 Å². The van der Waals surface area contributed by atoms with E-state index in [-0.39, 0.29) is 9.79 Å². The molecule has 0 atom stereocenters. The van der Waals surface area contributed by atoms with Gasteiger partial charge in [-0.2, -0.15) is 0 Å². The molecule has 12 nitrogen and oxygen atoms in total. The van der Waals surface area contributed by atoms with E-state index in [1.54, 1.807) is 0 Å². The molecule has 2 N–H and O–H groups in total. The molecule has 0 bridgehead atoms. The first-order chi connectivity index (χ1) is 13.6. The minimum absolute atomic E-state index is 0.0331. The first-order valence-corrected chi connectivity index (χ1v) is 8.29. The van der Waals surface area contributed by atoms with Crippen molar-refractivity contribution in [2.24, 2.45) is 0 Å². The summed E-state index contributed by atoms with van der Waals surface area (Å²) in [6.07, 6.45) is 0. The van der Waals surface area contributed by atoms with Crippen molar-refractivity contribution >= 4 is 35.1 Å². The van der Waals surface area contributed by atoms with Crippen LogP contribution in [0.25, 0.3) is 0 Å². The topological polar surface area (TPSA) is 179 Å². The summed E-state index contributed by atoms with van der Waals surface area (Å²) < 4.78 is 8.95. The van der Waals surface area contributed by atoms with Crippen LogP contribution in [0.2, 0.25) is 0 Å². The predicted molar refractivity (Wildman–Crippen MR) is 96.3 cm³/mol. The Hall–Kier alpha value is -3.87. The molecule has 0 fully saturated rings. The van der Waals surface area contributed by atoms with E-state index in [9.17, 15) is 40.0 Å². The summed E-state index contributed by atoms with van der Waals surface area (Å²) in [5.41, 5.74) is -2.58. The van der Waals surface area contributed by atoms with Gasteiger partial charge in [0.15, 0.2) is 0 Å². The van der Waals surface area contributed by atoms with Crippen LogP contribution in [0.3, 0.4) is 0 Å². The molecule has 0 radical (unpaired) electrons. The number of hydrogen-bond donors (Lipinski definition) is 2. The molecule has 0 aromatic heterocycles. The average Bonchev–Trinajstić information content (AvgIpc) is 2.68. The highest BCUT2D eigenvalue weighted by Crippen LogP contribution is 2.41. The van der Waals surface area contributed by atoms with Gasteiger partial charge >= 0.3 is 23.3 Å². The van der Waals surface area contributed by atoms with Gasteiger partial charge in [-0.05, 0) is 12.1 Å². The average molecular weight is 424 g/mol. The second-order valence-electron chi connectivity index (χ2n) is 5.28. The predicted octanol–water partition coefficient (Wildman–Crippen LogP) is 2.64. The monoisotopic (exact) mass is 424 g/mol. The fourth-order valence-electron chi connectivity index (χ4n) is 2.25. The molecule has 0 spiro atoms. The molecule has 152 valence electrons. The van der Waals surface area contributed by atoms with Crippen molar-refractivity contribution in [2.45, 2.75) is 9.79 Å². The molecule has 0 amide bonds. The van der Waals surface area contributed by atoms with Gasteiger partial charge in [-0.25, -0.2) is 9.59 Å². The van der Waals surface area contributed by atoms with Gasteiger partial charge in [-0.3, -0.25) is 20.2 Å². The van der Waals surface area contributed by atoms with E-state index >= 15 is 0 Å². The second-order valence-corrected chi connectivity index (χ2v) is 6.42. The zero-order chi connectivity index (χ0) is 21.9. The van der Waals surface area contributed by atoms with Crippen LogP contribution < -0.4 is 0 Å². The number of carbonyl (C=O) groups is 2. The molecule has 0 unspecified atom stereocenters. The Morgan fingerprint density at radius 1 is 0.828 bits per heavy atom. The number of phenols is 2. The van der Waals surface area contributed by atoms with Crippen molar-refractivity contribution in [3.63, 3.8) is 0 Å². The third-order valence-electron chi connectivity index (χ3n) is 3.57. The summed E-state index contributed by atoms with van der Waals surface area (Å²) in [7, 11) is 2.03. The van der Waals surface area contributed by atoms with E-state index in [4.69, 9.17) is 0 Å². The maximum absolute atomic E-state index is 11.8. The van der Waals surface area contributed by atoms with Gasteiger partial charge in [0.1, 0.15) is 11.1 Å². The lowest BCUT2D eigenvalue weighted by Crippen LogP contribution is -2.04. The Bertz CT molecular complexity index is 955. The summed E-state index contributed by atoms with van der Waals surface area (Å²) >= 11 is 0.706. The molecular formula is C16H12N2O10S. The number of nitro groups is 2. The van der Waals surface area contributed by atoms with Gasteiger partial charge < -0.3 is 19.7 Å². The lowest BCUT2D eigenvalue weighted by molar-refractivity contribution is -0.386. The minimum atomic E-state index is -1.04. The third kappa shape index (κ3) is 4.35. The van der Waals surface area contributed by atoms with Gasteiger partial charge in [-0.15, -0.1) is 0 Å². The fourth-order valence-corrected chi connectivity index (χ4v) is 3.22. The molecule has 0 heterocycles. The highest BCUT2D eigenvalue weighted by atomic mass is 32.2. The molecule has 0 saturated heterocycles. The Labute approximate surface area is 166 Å². The number of nitro benzene ring substituents is 2.